The number of rotatable bonds is 6. The molecule has 0 aromatic heterocycles. The van der Waals surface area contributed by atoms with E-state index in [0.717, 1.165) is 28.2 Å². The highest BCUT2D eigenvalue weighted by atomic mass is 16.5. The van der Waals surface area contributed by atoms with Crippen LogP contribution in [0.5, 0.6) is 11.5 Å². The fourth-order valence-electron chi connectivity index (χ4n) is 3.37. The fourth-order valence-corrected chi connectivity index (χ4v) is 3.37. The summed E-state index contributed by atoms with van der Waals surface area (Å²) in [6, 6.07) is 21.6. The largest absolute Gasteiger partial charge is 0.497 e. The van der Waals surface area contributed by atoms with Gasteiger partial charge in [0, 0.05) is 6.42 Å². The molecule has 0 unspecified atom stereocenters. The van der Waals surface area contributed by atoms with Crippen LogP contribution >= 0.6 is 0 Å². The van der Waals surface area contributed by atoms with Gasteiger partial charge >= 0.3 is 0 Å². The van der Waals surface area contributed by atoms with E-state index in [4.69, 9.17) is 9.47 Å². The molecule has 0 saturated heterocycles. The van der Waals surface area contributed by atoms with E-state index in [0.29, 0.717) is 6.42 Å². The lowest BCUT2D eigenvalue weighted by atomic mass is 9.80. The van der Waals surface area contributed by atoms with E-state index in [9.17, 15) is 5.11 Å². The van der Waals surface area contributed by atoms with Crippen molar-refractivity contribution in [1.82, 2.24) is 0 Å². The van der Waals surface area contributed by atoms with Gasteiger partial charge in [-0.05, 0) is 60.4 Å². The Hall–Kier alpha value is -2.78. The highest BCUT2D eigenvalue weighted by molar-refractivity contribution is 5.44. The van der Waals surface area contributed by atoms with Crippen molar-refractivity contribution in [1.29, 1.82) is 0 Å². The number of ether oxygens (including phenoxy) is 2. The average molecular weight is 362 g/mol. The molecule has 0 atom stereocenters. The Labute approximate surface area is 161 Å². The maximum atomic E-state index is 11.9. The van der Waals surface area contributed by atoms with Gasteiger partial charge in [0.2, 0.25) is 0 Å². The van der Waals surface area contributed by atoms with E-state index in [1.807, 2.05) is 48.5 Å². The summed E-state index contributed by atoms with van der Waals surface area (Å²) in [6.45, 7) is 4.15. The summed E-state index contributed by atoms with van der Waals surface area (Å²) < 4.78 is 10.5. The molecule has 0 aliphatic heterocycles. The standard InChI is InChI=1S/C24H26O3/c1-17-5-6-18(2)19(15-17)16-24(25,20-7-11-22(26-3)12-8-20)21-9-13-23(27-4)14-10-21/h5-15,25H,16H2,1-4H3. The zero-order valence-corrected chi connectivity index (χ0v) is 16.3. The molecule has 3 aromatic rings. The van der Waals surface area contributed by atoms with Crippen LogP contribution in [-0.2, 0) is 12.0 Å². The molecule has 0 radical (unpaired) electrons. The van der Waals surface area contributed by atoms with Crippen LogP contribution in [0.25, 0.3) is 0 Å². The summed E-state index contributed by atoms with van der Waals surface area (Å²) in [6.07, 6.45) is 0.485. The first-order valence-corrected chi connectivity index (χ1v) is 9.04. The van der Waals surface area contributed by atoms with Crippen LogP contribution in [0.2, 0.25) is 0 Å². The van der Waals surface area contributed by atoms with Gasteiger partial charge in [0.05, 0.1) is 14.2 Å². The molecule has 3 heteroatoms. The quantitative estimate of drug-likeness (QED) is 0.685. The zero-order valence-electron chi connectivity index (χ0n) is 16.3. The van der Waals surface area contributed by atoms with Crippen LogP contribution in [0, 0.1) is 13.8 Å². The number of aryl methyl sites for hydroxylation is 2. The highest BCUT2D eigenvalue weighted by Gasteiger charge is 2.32. The molecular formula is C24H26O3. The molecule has 140 valence electrons. The maximum absolute atomic E-state index is 11.9. The Bertz CT molecular complexity index is 848. The third-order valence-corrected chi connectivity index (χ3v) is 5.09. The molecule has 0 amide bonds. The zero-order chi connectivity index (χ0) is 19.4. The average Bonchev–Trinajstić information content (AvgIpc) is 2.70. The first kappa shape index (κ1) is 19.0. The predicted molar refractivity (Wildman–Crippen MR) is 109 cm³/mol. The minimum absolute atomic E-state index is 0.485. The normalized spacial score (nSPS) is 11.3. The minimum Gasteiger partial charge on any atom is -0.497 e. The van der Waals surface area contributed by atoms with Crippen molar-refractivity contribution >= 4 is 0 Å². The van der Waals surface area contributed by atoms with Crippen molar-refractivity contribution in [2.45, 2.75) is 25.9 Å². The molecule has 3 aromatic carbocycles. The number of hydrogen-bond donors (Lipinski definition) is 1. The SMILES string of the molecule is COc1ccc(C(O)(Cc2cc(C)ccc2C)c2ccc(OC)cc2)cc1. The molecule has 1 N–H and O–H groups in total. The molecule has 3 rings (SSSR count). The lowest BCUT2D eigenvalue weighted by Crippen LogP contribution is -2.30. The van der Waals surface area contributed by atoms with Crippen LogP contribution in [0.4, 0.5) is 0 Å². The van der Waals surface area contributed by atoms with E-state index in [1.54, 1.807) is 14.2 Å². The van der Waals surface area contributed by atoms with Gasteiger partial charge in [0.15, 0.2) is 0 Å². The molecule has 0 aliphatic carbocycles. The van der Waals surface area contributed by atoms with Crippen LogP contribution < -0.4 is 9.47 Å². The van der Waals surface area contributed by atoms with Crippen LogP contribution in [-0.4, -0.2) is 19.3 Å². The summed E-state index contributed by atoms with van der Waals surface area (Å²) in [5, 5.41) is 11.9. The monoisotopic (exact) mass is 362 g/mol. The molecule has 0 aliphatic rings. The summed E-state index contributed by atoms with van der Waals surface area (Å²) in [5.41, 5.74) is 3.98. The summed E-state index contributed by atoms with van der Waals surface area (Å²) in [5.74, 6) is 1.53. The van der Waals surface area contributed by atoms with E-state index >= 15 is 0 Å². The van der Waals surface area contributed by atoms with Crippen molar-refractivity contribution in [3.63, 3.8) is 0 Å². The van der Waals surface area contributed by atoms with Crippen LogP contribution in [0.3, 0.4) is 0 Å². The number of hydrogen-bond acceptors (Lipinski definition) is 3. The minimum atomic E-state index is -1.16. The Morgan fingerprint density at radius 2 is 1.22 bits per heavy atom. The summed E-state index contributed by atoms with van der Waals surface area (Å²) >= 11 is 0. The lowest BCUT2D eigenvalue weighted by molar-refractivity contribution is 0.0808. The van der Waals surface area contributed by atoms with E-state index in [2.05, 4.69) is 32.0 Å². The first-order valence-electron chi connectivity index (χ1n) is 9.04. The third kappa shape index (κ3) is 3.99. The summed E-state index contributed by atoms with van der Waals surface area (Å²) in [4.78, 5) is 0. The highest BCUT2D eigenvalue weighted by Crippen LogP contribution is 2.36. The Morgan fingerprint density at radius 3 is 1.67 bits per heavy atom. The van der Waals surface area contributed by atoms with Crippen molar-refractivity contribution in [3.05, 3.63) is 94.5 Å². The molecule has 3 nitrogen and oxygen atoms in total. The Kier molecular flexibility index (Phi) is 5.52. The number of benzene rings is 3. The molecular weight excluding hydrogens is 336 g/mol. The van der Waals surface area contributed by atoms with Gasteiger partial charge in [-0.1, -0.05) is 48.0 Å². The molecule has 0 spiro atoms. The van der Waals surface area contributed by atoms with Crippen molar-refractivity contribution in [3.8, 4) is 11.5 Å². The van der Waals surface area contributed by atoms with Gasteiger partial charge in [-0.25, -0.2) is 0 Å². The van der Waals surface area contributed by atoms with Crippen molar-refractivity contribution in [2.75, 3.05) is 14.2 Å². The maximum Gasteiger partial charge on any atom is 0.119 e. The van der Waals surface area contributed by atoms with Gasteiger partial charge < -0.3 is 14.6 Å². The molecule has 0 saturated carbocycles. The topological polar surface area (TPSA) is 38.7 Å². The van der Waals surface area contributed by atoms with Crippen LogP contribution in [0.15, 0.2) is 66.7 Å². The van der Waals surface area contributed by atoms with Gasteiger partial charge in [-0.3, -0.25) is 0 Å². The second kappa shape index (κ2) is 7.85. The molecule has 27 heavy (non-hydrogen) atoms. The fraction of sp³-hybridized carbons (Fsp3) is 0.250. The van der Waals surface area contributed by atoms with Crippen LogP contribution in [0.1, 0.15) is 27.8 Å². The van der Waals surface area contributed by atoms with Crippen molar-refractivity contribution < 1.29 is 14.6 Å². The van der Waals surface area contributed by atoms with E-state index < -0.39 is 5.60 Å². The Morgan fingerprint density at radius 1 is 0.741 bits per heavy atom. The van der Waals surface area contributed by atoms with E-state index in [1.165, 1.54) is 11.1 Å². The first-order chi connectivity index (χ1) is 13.0. The number of methoxy groups -OCH3 is 2. The third-order valence-electron chi connectivity index (χ3n) is 5.09. The molecule has 0 fully saturated rings. The molecule has 0 heterocycles. The van der Waals surface area contributed by atoms with Gasteiger partial charge in [0.1, 0.15) is 17.1 Å². The predicted octanol–water partition coefficient (Wildman–Crippen LogP) is 4.80. The van der Waals surface area contributed by atoms with E-state index in [-0.39, 0.29) is 0 Å². The van der Waals surface area contributed by atoms with Gasteiger partial charge in [-0.15, -0.1) is 0 Å². The smallest absolute Gasteiger partial charge is 0.119 e. The second-order valence-corrected chi connectivity index (χ2v) is 6.92. The lowest BCUT2D eigenvalue weighted by Gasteiger charge is -2.31. The van der Waals surface area contributed by atoms with Crippen molar-refractivity contribution in [2.24, 2.45) is 0 Å². The second-order valence-electron chi connectivity index (χ2n) is 6.92. The Balaban J connectivity index is 2.10. The molecule has 0 bridgehead atoms. The number of aliphatic hydroxyl groups is 1. The van der Waals surface area contributed by atoms with Gasteiger partial charge in [0.25, 0.3) is 0 Å². The summed E-state index contributed by atoms with van der Waals surface area (Å²) in [7, 11) is 3.28. The van der Waals surface area contributed by atoms with Gasteiger partial charge in [-0.2, -0.15) is 0 Å².